The highest BCUT2D eigenvalue weighted by Crippen LogP contribution is 2.53. The van der Waals surface area contributed by atoms with Crippen LogP contribution in [0.1, 0.15) is 37.2 Å². The van der Waals surface area contributed by atoms with Gasteiger partial charge in [0.05, 0.1) is 0 Å². The second-order valence-electron chi connectivity index (χ2n) is 5.03. The van der Waals surface area contributed by atoms with E-state index in [0.717, 1.165) is 11.8 Å². The molecule has 2 nitrogen and oxygen atoms in total. The van der Waals surface area contributed by atoms with Crippen LogP contribution in [-0.4, -0.2) is 10.2 Å². The van der Waals surface area contributed by atoms with Gasteiger partial charge in [0.1, 0.15) is 0 Å². The molecule has 3 atom stereocenters. The number of fused-ring (bicyclic) bond motifs is 2. The number of phenols is 2. The summed E-state index contributed by atoms with van der Waals surface area (Å²) in [6, 6.07) is 5.30. The molecule has 3 rings (SSSR count). The molecule has 0 saturated heterocycles. The molecule has 0 aromatic heterocycles. The molecule has 15 heavy (non-hydrogen) atoms. The third-order valence-electron chi connectivity index (χ3n) is 4.17. The zero-order valence-corrected chi connectivity index (χ0v) is 8.69. The zero-order valence-electron chi connectivity index (χ0n) is 8.69. The minimum absolute atomic E-state index is 0.0121. The SMILES string of the molecule is Oc1ccc([C@H]2C[C@@H]3CC[C@H]2C3)cc1O. The smallest absolute Gasteiger partial charge is 0.157 e. The summed E-state index contributed by atoms with van der Waals surface area (Å²) in [5, 5.41) is 18.7. The Morgan fingerprint density at radius 1 is 1.00 bits per heavy atom. The Kier molecular flexibility index (Phi) is 1.91. The van der Waals surface area contributed by atoms with Crippen molar-refractivity contribution in [1.29, 1.82) is 0 Å². The van der Waals surface area contributed by atoms with E-state index in [4.69, 9.17) is 0 Å². The third-order valence-corrected chi connectivity index (χ3v) is 4.17. The van der Waals surface area contributed by atoms with Crippen LogP contribution in [0.4, 0.5) is 0 Å². The summed E-state index contributed by atoms with van der Waals surface area (Å²) in [7, 11) is 0. The normalized spacial score (nSPS) is 33.5. The van der Waals surface area contributed by atoms with E-state index < -0.39 is 0 Å². The molecule has 2 saturated carbocycles. The Morgan fingerprint density at radius 2 is 1.87 bits per heavy atom. The van der Waals surface area contributed by atoms with Crippen molar-refractivity contribution in [3.63, 3.8) is 0 Å². The first-order chi connectivity index (χ1) is 7.24. The highest BCUT2D eigenvalue weighted by molar-refractivity contribution is 5.42. The number of rotatable bonds is 1. The molecule has 0 aliphatic heterocycles. The van der Waals surface area contributed by atoms with Crippen LogP contribution in [0.3, 0.4) is 0 Å². The van der Waals surface area contributed by atoms with E-state index in [-0.39, 0.29) is 11.5 Å². The minimum Gasteiger partial charge on any atom is -0.504 e. The lowest BCUT2D eigenvalue weighted by atomic mass is 9.83. The Hall–Kier alpha value is -1.18. The molecule has 2 aliphatic rings. The molecule has 2 fully saturated rings. The summed E-state index contributed by atoms with van der Waals surface area (Å²) >= 11 is 0. The maximum atomic E-state index is 9.48. The first-order valence-electron chi connectivity index (χ1n) is 5.76. The van der Waals surface area contributed by atoms with Crippen LogP contribution in [0.5, 0.6) is 11.5 Å². The molecule has 2 bridgehead atoms. The first-order valence-corrected chi connectivity index (χ1v) is 5.76. The van der Waals surface area contributed by atoms with E-state index in [0.29, 0.717) is 5.92 Å². The zero-order chi connectivity index (χ0) is 10.4. The molecule has 1 aromatic carbocycles. The minimum atomic E-state index is -0.0121. The molecular formula is C13H16O2. The van der Waals surface area contributed by atoms with Crippen molar-refractivity contribution in [2.24, 2.45) is 11.8 Å². The molecule has 0 unspecified atom stereocenters. The van der Waals surface area contributed by atoms with Crippen LogP contribution in [0.15, 0.2) is 18.2 Å². The van der Waals surface area contributed by atoms with Gasteiger partial charge < -0.3 is 10.2 Å². The first kappa shape index (κ1) is 9.08. The largest absolute Gasteiger partial charge is 0.504 e. The number of aromatic hydroxyl groups is 2. The van der Waals surface area contributed by atoms with E-state index in [9.17, 15) is 10.2 Å². The third kappa shape index (κ3) is 1.39. The van der Waals surface area contributed by atoms with Gasteiger partial charge in [-0.1, -0.05) is 12.5 Å². The van der Waals surface area contributed by atoms with Crippen molar-refractivity contribution in [1.82, 2.24) is 0 Å². The quantitative estimate of drug-likeness (QED) is 0.690. The standard InChI is InChI=1S/C13H16O2/c14-12-4-3-10(7-13(12)15)11-6-8-1-2-9(11)5-8/h3-4,7-9,11,14-15H,1-2,5-6H2/t8-,9+,11+/m1/s1. The van der Waals surface area contributed by atoms with Gasteiger partial charge in [0.15, 0.2) is 11.5 Å². The summed E-state index contributed by atoms with van der Waals surface area (Å²) in [6.45, 7) is 0. The Bertz CT molecular complexity index is 386. The van der Waals surface area contributed by atoms with E-state index in [1.807, 2.05) is 6.07 Å². The second kappa shape index (κ2) is 3.16. The number of hydrogen-bond donors (Lipinski definition) is 2. The monoisotopic (exact) mass is 204 g/mol. The number of phenolic OH excluding ortho intramolecular Hbond substituents is 2. The summed E-state index contributed by atoms with van der Waals surface area (Å²) in [4.78, 5) is 0. The molecule has 2 aliphatic carbocycles. The van der Waals surface area contributed by atoms with Gasteiger partial charge in [-0.2, -0.15) is 0 Å². The Morgan fingerprint density at radius 3 is 2.47 bits per heavy atom. The maximum Gasteiger partial charge on any atom is 0.157 e. The van der Waals surface area contributed by atoms with Gasteiger partial charge in [-0.3, -0.25) is 0 Å². The van der Waals surface area contributed by atoms with Crippen molar-refractivity contribution >= 4 is 0 Å². The van der Waals surface area contributed by atoms with Crippen molar-refractivity contribution in [2.45, 2.75) is 31.6 Å². The molecule has 2 N–H and O–H groups in total. The van der Waals surface area contributed by atoms with Crippen LogP contribution in [-0.2, 0) is 0 Å². The Balaban J connectivity index is 1.90. The topological polar surface area (TPSA) is 40.5 Å². The lowest BCUT2D eigenvalue weighted by molar-refractivity contribution is 0.395. The molecule has 0 heterocycles. The predicted octanol–water partition coefficient (Wildman–Crippen LogP) is 3.00. The average Bonchev–Trinajstić information content (AvgIpc) is 2.83. The molecular weight excluding hydrogens is 188 g/mol. The van der Waals surface area contributed by atoms with Gasteiger partial charge in [0, 0.05) is 0 Å². The average molecular weight is 204 g/mol. The van der Waals surface area contributed by atoms with Crippen LogP contribution in [0.2, 0.25) is 0 Å². The molecule has 1 aromatic rings. The summed E-state index contributed by atoms with van der Waals surface area (Å²) in [6.07, 6.45) is 5.38. The number of hydrogen-bond acceptors (Lipinski definition) is 2. The van der Waals surface area contributed by atoms with Crippen LogP contribution < -0.4 is 0 Å². The van der Waals surface area contributed by atoms with Crippen LogP contribution in [0.25, 0.3) is 0 Å². The fourth-order valence-electron chi connectivity index (χ4n) is 3.42. The van der Waals surface area contributed by atoms with E-state index >= 15 is 0 Å². The lowest BCUT2D eigenvalue weighted by Gasteiger charge is -2.22. The van der Waals surface area contributed by atoms with E-state index in [1.54, 1.807) is 12.1 Å². The van der Waals surface area contributed by atoms with Crippen molar-refractivity contribution in [3.8, 4) is 11.5 Å². The van der Waals surface area contributed by atoms with Gasteiger partial charge in [-0.15, -0.1) is 0 Å². The summed E-state index contributed by atoms with van der Waals surface area (Å²) in [5.74, 6) is 2.36. The van der Waals surface area contributed by atoms with Crippen molar-refractivity contribution in [3.05, 3.63) is 23.8 Å². The van der Waals surface area contributed by atoms with Gasteiger partial charge in [0.25, 0.3) is 0 Å². The van der Waals surface area contributed by atoms with Crippen LogP contribution >= 0.6 is 0 Å². The van der Waals surface area contributed by atoms with Gasteiger partial charge in [0.2, 0.25) is 0 Å². The highest BCUT2D eigenvalue weighted by Gasteiger charge is 2.40. The molecule has 2 heteroatoms. The highest BCUT2D eigenvalue weighted by atomic mass is 16.3. The summed E-state index contributed by atoms with van der Waals surface area (Å²) < 4.78 is 0. The summed E-state index contributed by atoms with van der Waals surface area (Å²) in [5.41, 5.74) is 1.21. The van der Waals surface area contributed by atoms with Crippen LogP contribution in [0, 0.1) is 11.8 Å². The lowest BCUT2D eigenvalue weighted by Crippen LogP contribution is -2.08. The van der Waals surface area contributed by atoms with Gasteiger partial charge in [-0.25, -0.2) is 0 Å². The second-order valence-corrected chi connectivity index (χ2v) is 5.03. The van der Waals surface area contributed by atoms with Gasteiger partial charge >= 0.3 is 0 Å². The molecule has 0 amide bonds. The van der Waals surface area contributed by atoms with E-state index in [1.165, 1.54) is 31.2 Å². The fraction of sp³-hybridized carbons (Fsp3) is 0.538. The van der Waals surface area contributed by atoms with Crippen molar-refractivity contribution < 1.29 is 10.2 Å². The number of benzene rings is 1. The Labute approximate surface area is 89.6 Å². The van der Waals surface area contributed by atoms with E-state index in [2.05, 4.69) is 0 Å². The van der Waals surface area contributed by atoms with Gasteiger partial charge in [-0.05, 0) is 54.7 Å². The predicted molar refractivity (Wildman–Crippen MR) is 58.0 cm³/mol. The molecule has 0 spiro atoms. The maximum absolute atomic E-state index is 9.48. The molecule has 0 radical (unpaired) electrons. The van der Waals surface area contributed by atoms with Crippen molar-refractivity contribution in [2.75, 3.05) is 0 Å². The molecule has 80 valence electrons. The fourth-order valence-corrected chi connectivity index (χ4v) is 3.42.